The lowest BCUT2D eigenvalue weighted by Gasteiger charge is -2.19. The summed E-state index contributed by atoms with van der Waals surface area (Å²) in [5, 5.41) is 4.05. The van der Waals surface area contributed by atoms with Gasteiger partial charge in [0.2, 0.25) is 0 Å². The number of aryl methyl sites for hydroxylation is 1. The fourth-order valence-corrected chi connectivity index (χ4v) is 1.70. The van der Waals surface area contributed by atoms with Crippen molar-refractivity contribution in [2.45, 2.75) is 33.5 Å². The van der Waals surface area contributed by atoms with Crippen molar-refractivity contribution in [3.8, 4) is 0 Å². The number of rotatable bonds is 3. The largest absolute Gasteiger partial charge is 0.399 e. The van der Waals surface area contributed by atoms with E-state index in [9.17, 15) is 13.2 Å². The summed E-state index contributed by atoms with van der Waals surface area (Å²) in [6.07, 6.45) is -4.44. The van der Waals surface area contributed by atoms with Crippen LogP contribution in [0.2, 0.25) is 0 Å². The predicted octanol–water partition coefficient (Wildman–Crippen LogP) is 2.27. The van der Waals surface area contributed by atoms with Gasteiger partial charge < -0.3 is 5.73 Å². The molecule has 96 valence electrons. The van der Waals surface area contributed by atoms with Crippen molar-refractivity contribution in [1.82, 2.24) is 9.78 Å². The Morgan fingerprint density at radius 1 is 1.41 bits per heavy atom. The van der Waals surface area contributed by atoms with E-state index in [1.807, 2.05) is 6.92 Å². The maximum absolute atomic E-state index is 12.7. The Balaban J connectivity index is 3.03. The molecule has 0 radical (unpaired) electrons. The Bertz CT molecular complexity index is 437. The SMILES string of the molecule is Cc1nn(CC(C(N)=S)C(F)(F)F)c(C)c1C. The van der Waals surface area contributed by atoms with Gasteiger partial charge in [0.25, 0.3) is 0 Å². The second kappa shape index (κ2) is 4.64. The molecule has 17 heavy (non-hydrogen) atoms. The number of aromatic nitrogens is 2. The van der Waals surface area contributed by atoms with Crippen molar-refractivity contribution in [3.63, 3.8) is 0 Å². The number of alkyl halides is 3. The van der Waals surface area contributed by atoms with E-state index in [4.69, 9.17) is 5.73 Å². The summed E-state index contributed by atoms with van der Waals surface area (Å²) in [6.45, 7) is 4.93. The maximum Gasteiger partial charge on any atom is 0.399 e. The van der Waals surface area contributed by atoms with E-state index in [0.29, 0.717) is 11.4 Å². The third-order valence-corrected chi connectivity index (χ3v) is 3.12. The van der Waals surface area contributed by atoms with Crippen molar-refractivity contribution in [2.24, 2.45) is 11.7 Å². The molecule has 0 saturated heterocycles. The smallest absolute Gasteiger partial charge is 0.393 e. The van der Waals surface area contributed by atoms with E-state index >= 15 is 0 Å². The van der Waals surface area contributed by atoms with Crippen LogP contribution in [0.4, 0.5) is 13.2 Å². The first-order valence-corrected chi connectivity index (χ1v) is 5.42. The number of nitrogens with zero attached hydrogens (tertiary/aromatic N) is 2. The van der Waals surface area contributed by atoms with Crippen LogP contribution in [0.3, 0.4) is 0 Å². The quantitative estimate of drug-likeness (QED) is 0.853. The molecule has 0 aliphatic carbocycles. The Kier molecular flexibility index (Phi) is 3.81. The molecule has 1 atom stereocenters. The van der Waals surface area contributed by atoms with E-state index in [1.165, 1.54) is 4.68 Å². The minimum absolute atomic E-state index is 0.362. The van der Waals surface area contributed by atoms with E-state index in [0.717, 1.165) is 5.56 Å². The molecule has 0 fully saturated rings. The lowest BCUT2D eigenvalue weighted by molar-refractivity contribution is -0.158. The Morgan fingerprint density at radius 2 is 1.94 bits per heavy atom. The Labute approximate surface area is 103 Å². The lowest BCUT2D eigenvalue weighted by Crippen LogP contribution is -2.38. The van der Waals surface area contributed by atoms with Crippen LogP contribution in [-0.4, -0.2) is 20.9 Å². The highest BCUT2D eigenvalue weighted by Crippen LogP contribution is 2.28. The molecule has 2 N–H and O–H groups in total. The number of hydrogen-bond donors (Lipinski definition) is 1. The Hall–Kier alpha value is -1.11. The van der Waals surface area contributed by atoms with Gasteiger partial charge in [-0.3, -0.25) is 4.68 Å². The highest BCUT2D eigenvalue weighted by atomic mass is 32.1. The van der Waals surface area contributed by atoms with Gasteiger partial charge in [-0.2, -0.15) is 18.3 Å². The summed E-state index contributed by atoms with van der Waals surface area (Å²) in [5.74, 6) is -1.84. The second-order valence-corrected chi connectivity index (χ2v) is 4.45. The summed E-state index contributed by atoms with van der Waals surface area (Å²) in [6, 6.07) is 0. The number of thiocarbonyl (C=S) groups is 1. The molecule has 1 unspecified atom stereocenters. The van der Waals surface area contributed by atoms with Gasteiger partial charge >= 0.3 is 6.18 Å². The minimum atomic E-state index is -4.44. The molecule has 0 amide bonds. The molecule has 1 aromatic rings. The molecule has 7 heteroatoms. The standard InChI is InChI=1S/C10H14F3N3S/c1-5-6(2)15-16(7(5)3)4-8(9(14)17)10(11,12)13/h8H,4H2,1-3H3,(H2,14,17). The van der Waals surface area contributed by atoms with Gasteiger partial charge in [0.1, 0.15) is 5.92 Å². The summed E-state index contributed by atoms with van der Waals surface area (Å²) in [4.78, 5) is -0.553. The van der Waals surface area contributed by atoms with Crippen molar-refractivity contribution >= 4 is 17.2 Å². The molecule has 0 aliphatic rings. The summed E-state index contributed by atoms with van der Waals surface area (Å²) in [7, 11) is 0. The average molecular weight is 265 g/mol. The number of halogens is 3. The third-order valence-electron chi connectivity index (χ3n) is 2.84. The molecule has 0 saturated carbocycles. The zero-order chi connectivity index (χ0) is 13.4. The molecule has 0 spiro atoms. The highest BCUT2D eigenvalue weighted by molar-refractivity contribution is 7.80. The molecule has 0 aliphatic heterocycles. The molecular formula is C10H14F3N3S. The van der Waals surface area contributed by atoms with Crippen LogP contribution in [0.25, 0.3) is 0 Å². The van der Waals surface area contributed by atoms with Gasteiger partial charge in [-0.05, 0) is 26.3 Å². The molecular weight excluding hydrogens is 251 g/mol. The first-order chi connectivity index (χ1) is 7.64. The molecule has 1 aromatic heterocycles. The van der Waals surface area contributed by atoms with Crippen LogP contribution in [0.15, 0.2) is 0 Å². The van der Waals surface area contributed by atoms with Crippen LogP contribution in [0.5, 0.6) is 0 Å². The van der Waals surface area contributed by atoms with E-state index in [1.54, 1.807) is 13.8 Å². The molecule has 0 aromatic carbocycles. The van der Waals surface area contributed by atoms with Crippen molar-refractivity contribution < 1.29 is 13.2 Å². The van der Waals surface area contributed by atoms with E-state index in [-0.39, 0.29) is 6.54 Å². The van der Waals surface area contributed by atoms with Gasteiger partial charge in [-0.15, -0.1) is 0 Å². The minimum Gasteiger partial charge on any atom is -0.393 e. The summed E-state index contributed by atoms with van der Waals surface area (Å²) >= 11 is 4.46. The number of nitrogens with two attached hydrogens (primary N) is 1. The van der Waals surface area contributed by atoms with Crippen LogP contribution in [0.1, 0.15) is 17.0 Å². The highest BCUT2D eigenvalue weighted by Gasteiger charge is 2.42. The van der Waals surface area contributed by atoms with Crippen molar-refractivity contribution in [3.05, 3.63) is 17.0 Å². The molecule has 1 rings (SSSR count). The Morgan fingerprint density at radius 3 is 2.24 bits per heavy atom. The summed E-state index contributed by atoms with van der Waals surface area (Å²) in [5.41, 5.74) is 7.44. The zero-order valence-corrected chi connectivity index (χ0v) is 10.6. The van der Waals surface area contributed by atoms with Crippen LogP contribution in [-0.2, 0) is 6.54 Å². The monoisotopic (exact) mass is 265 g/mol. The van der Waals surface area contributed by atoms with Gasteiger partial charge in [-0.1, -0.05) is 12.2 Å². The van der Waals surface area contributed by atoms with Crippen molar-refractivity contribution in [1.29, 1.82) is 0 Å². The predicted molar refractivity (Wildman–Crippen MR) is 62.8 cm³/mol. The zero-order valence-electron chi connectivity index (χ0n) is 9.80. The summed E-state index contributed by atoms with van der Waals surface area (Å²) < 4.78 is 39.4. The lowest BCUT2D eigenvalue weighted by atomic mass is 10.1. The first kappa shape index (κ1) is 14.0. The number of hydrogen-bond acceptors (Lipinski definition) is 2. The maximum atomic E-state index is 12.7. The second-order valence-electron chi connectivity index (χ2n) is 3.97. The van der Waals surface area contributed by atoms with Crippen LogP contribution >= 0.6 is 12.2 Å². The van der Waals surface area contributed by atoms with E-state index < -0.39 is 17.1 Å². The van der Waals surface area contributed by atoms with Crippen molar-refractivity contribution in [2.75, 3.05) is 0 Å². The first-order valence-electron chi connectivity index (χ1n) is 5.01. The van der Waals surface area contributed by atoms with E-state index in [2.05, 4.69) is 17.3 Å². The van der Waals surface area contributed by atoms with Crippen LogP contribution < -0.4 is 5.73 Å². The van der Waals surface area contributed by atoms with Gasteiger partial charge in [-0.25, -0.2) is 0 Å². The molecule has 3 nitrogen and oxygen atoms in total. The van der Waals surface area contributed by atoms with Gasteiger partial charge in [0.15, 0.2) is 0 Å². The van der Waals surface area contributed by atoms with Gasteiger partial charge in [0.05, 0.1) is 17.2 Å². The topological polar surface area (TPSA) is 43.8 Å². The molecule has 1 heterocycles. The fourth-order valence-electron chi connectivity index (χ4n) is 1.49. The average Bonchev–Trinajstić information content (AvgIpc) is 2.40. The van der Waals surface area contributed by atoms with Crippen LogP contribution in [0, 0.1) is 26.7 Å². The fraction of sp³-hybridized carbons (Fsp3) is 0.600. The molecule has 0 bridgehead atoms. The third kappa shape index (κ3) is 2.96. The van der Waals surface area contributed by atoms with Gasteiger partial charge in [0, 0.05) is 5.69 Å². The normalized spacial score (nSPS) is 13.8.